The lowest BCUT2D eigenvalue weighted by atomic mass is 9.95. The average Bonchev–Trinajstić information content (AvgIpc) is 2.95. The fourth-order valence-electron chi connectivity index (χ4n) is 2.86. The summed E-state index contributed by atoms with van der Waals surface area (Å²) in [5.41, 5.74) is 1.09. The van der Waals surface area contributed by atoms with E-state index in [0.717, 1.165) is 16.5 Å². The molecule has 5 heteroatoms. The Morgan fingerprint density at radius 2 is 2.14 bits per heavy atom. The molecular formula is C16H20BrNO3. The van der Waals surface area contributed by atoms with Crippen molar-refractivity contribution in [1.82, 2.24) is 4.90 Å². The number of amides is 1. The van der Waals surface area contributed by atoms with Crippen LogP contribution < -0.4 is 0 Å². The smallest absolute Gasteiger partial charge is 0.326 e. The number of hydrogen-bond donors (Lipinski definition) is 1. The van der Waals surface area contributed by atoms with Gasteiger partial charge in [0.1, 0.15) is 6.04 Å². The van der Waals surface area contributed by atoms with E-state index in [2.05, 4.69) is 15.9 Å². The van der Waals surface area contributed by atoms with Gasteiger partial charge in [-0.05, 0) is 37.3 Å². The number of carboxylic acids is 1. The predicted molar refractivity (Wildman–Crippen MR) is 84.0 cm³/mol. The zero-order valence-corrected chi connectivity index (χ0v) is 13.7. The lowest BCUT2D eigenvalue weighted by molar-refractivity contribution is -0.150. The Morgan fingerprint density at radius 1 is 1.43 bits per heavy atom. The molecule has 0 aliphatic carbocycles. The lowest BCUT2D eigenvalue weighted by Gasteiger charge is -2.26. The molecule has 1 amide bonds. The molecule has 1 N–H and O–H groups in total. The SMILES string of the molecule is CCC(Cc1ccccc1Br)C(=O)N1CCC[C@@H]1C(=O)O. The Morgan fingerprint density at radius 3 is 2.76 bits per heavy atom. The van der Waals surface area contributed by atoms with Crippen molar-refractivity contribution < 1.29 is 14.7 Å². The van der Waals surface area contributed by atoms with Crippen LogP contribution in [-0.2, 0) is 16.0 Å². The second-order valence-corrected chi connectivity index (χ2v) is 6.28. The van der Waals surface area contributed by atoms with Gasteiger partial charge in [0.05, 0.1) is 0 Å². The number of likely N-dealkylation sites (tertiary alicyclic amines) is 1. The van der Waals surface area contributed by atoms with E-state index >= 15 is 0 Å². The summed E-state index contributed by atoms with van der Waals surface area (Å²) in [7, 11) is 0. The Labute approximate surface area is 133 Å². The maximum Gasteiger partial charge on any atom is 0.326 e. The highest BCUT2D eigenvalue weighted by molar-refractivity contribution is 9.10. The third-order valence-corrected chi connectivity index (χ3v) is 4.86. The van der Waals surface area contributed by atoms with Crippen LogP contribution in [-0.4, -0.2) is 34.5 Å². The minimum atomic E-state index is -0.892. The van der Waals surface area contributed by atoms with Gasteiger partial charge in [0.2, 0.25) is 5.91 Å². The van der Waals surface area contributed by atoms with Crippen LogP contribution in [0.5, 0.6) is 0 Å². The van der Waals surface area contributed by atoms with Crippen LogP contribution in [0.15, 0.2) is 28.7 Å². The molecule has 1 unspecified atom stereocenters. The molecule has 2 atom stereocenters. The summed E-state index contributed by atoms with van der Waals surface area (Å²) < 4.78 is 0.993. The molecule has 1 aliphatic heterocycles. The molecule has 0 radical (unpaired) electrons. The fourth-order valence-corrected chi connectivity index (χ4v) is 3.30. The number of nitrogens with zero attached hydrogens (tertiary/aromatic N) is 1. The van der Waals surface area contributed by atoms with Gasteiger partial charge in [0.25, 0.3) is 0 Å². The number of hydrogen-bond acceptors (Lipinski definition) is 2. The Kier molecular flexibility index (Phi) is 5.39. The third-order valence-electron chi connectivity index (χ3n) is 4.09. The Bertz CT molecular complexity index is 532. The van der Waals surface area contributed by atoms with Crippen LogP contribution in [0.4, 0.5) is 0 Å². The molecule has 4 nitrogen and oxygen atoms in total. The van der Waals surface area contributed by atoms with Crippen molar-refractivity contribution in [2.45, 2.75) is 38.6 Å². The van der Waals surface area contributed by atoms with Gasteiger partial charge in [-0.2, -0.15) is 0 Å². The lowest BCUT2D eigenvalue weighted by Crippen LogP contribution is -2.43. The highest BCUT2D eigenvalue weighted by Crippen LogP contribution is 2.25. The van der Waals surface area contributed by atoms with Crippen molar-refractivity contribution in [1.29, 1.82) is 0 Å². The molecule has 1 fully saturated rings. The van der Waals surface area contributed by atoms with Crippen molar-refractivity contribution >= 4 is 27.8 Å². The number of carboxylic acid groups (broad SMARTS) is 1. The first-order valence-electron chi connectivity index (χ1n) is 7.31. The van der Waals surface area contributed by atoms with Gasteiger partial charge in [-0.15, -0.1) is 0 Å². The molecule has 1 aromatic rings. The normalized spacial score (nSPS) is 19.5. The zero-order chi connectivity index (χ0) is 15.4. The molecule has 2 rings (SSSR count). The minimum Gasteiger partial charge on any atom is -0.480 e. The summed E-state index contributed by atoms with van der Waals surface area (Å²) in [6.07, 6.45) is 2.68. The van der Waals surface area contributed by atoms with E-state index < -0.39 is 12.0 Å². The van der Waals surface area contributed by atoms with Crippen LogP contribution >= 0.6 is 15.9 Å². The molecular weight excluding hydrogens is 334 g/mol. The summed E-state index contributed by atoms with van der Waals surface area (Å²) in [5, 5.41) is 9.22. The van der Waals surface area contributed by atoms with E-state index in [4.69, 9.17) is 0 Å². The van der Waals surface area contributed by atoms with Gasteiger partial charge in [0, 0.05) is 16.9 Å². The van der Waals surface area contributed by atoms with E-state index in [1.165, 1.54) is 0 Å². The first-order chi connectivity index (χ1) is 10.0. The average molecular weight is 354 g/mol. The first-order valence-corrected chi connectivity index (χ1v) is 8.10. The highest BCUT2D eigenvalue weighted by Gasteiger charge is 2.36. The monoisotopic (exact) mass is 353 g/mol. The summed E-state index contributed by atoms with van der Waals surface area (Å²) in [6, 6.07) is 7.21. The van der Waals surface area contributed by atoms with Crippen molar-refractivity contribution in [2.24, 2.45) is 5.92 Å². The molecule has 1 aliphatic rings. The standard InChI is InChI=1S/C16H20BrNO3/c1-2-11(10-12-6-3-4-7-13(12)17)15(19)18-9-5-8-14(18)16(20)21/h3-4,6-7,11,14H,2,5,8-10H2,1H3,(H,20,21)/t11?,14-/m1/s1. The van der Waals surface area contributed by atoms with Gasteiger partial charge in [0.15, 0.2) is 0 Å². The number of aliphatic carboxylic acids is 1. The van der Waals surface area contributed by atoms with Gasteiger partial charge in [-0.1, -0.05) is 41.1 Å². The molecule has 0 spiro atoms. The summed E-state index contributed by atoms with van der Waals surface area (Å²) >= 11 is 3.50. The fraction of sp³-hybridized carbons (Fsp3) is 0.500. The van der Waals surface area contributed by atoms with Crippen molar-refractivity contribution in [2.75, 3.05) is 6.54 Å². The summed E-state index contributed by atoms with van der Waals surface area (Å²) in [4.78, 5) is 25.4. The highest BCUT2D eigenvalue weighted by atomic mass is 79.9. The van der Waals surface area contributed by atoms with E-state index in [1.807, 2.05) is 31.2 Å². The largest absolute Gasteiger partial charge is 0.480 e. The second-order valence-electron chi connectivity index (χ2n) is 5.43. The predicted octanol–water partition coefficient (Wildman–Crippen LogP) is 3.09. The van der Waals surface area contributed by atoms with E-state index in [-0.39, 0.29) is 11.8 Å². The van der Waals surface area contributed by atoms with Crippen molar-refractivity contribution in [3.63, 3.8) is 0 Å². The van der Waals surface area contributed by atoms with Crippen LogP contribution in [0, 0.1) is 5.92 Å². The maximum atomic E-state index is 12.7. The quantitative estimate of drug-likeness (QED) is 0.884. The summed E-state index contributed by atoms with van der Waals surface area (Å²) in [6.45, 7) is 2.54. The molecule has 1 saturated heterocycles. The van der Waals surface area contributed by atoms with E-state index in [1.54, 1.807) is 4.90 Å². The van der Waals surface area contributed by atoms with Crippen molar-refractivity contribution in [3.05, 3.63) is 34.3 Å². The third kappa shape index (κ3) is 3.64. The van der Waals surface area contributed by atoms with Gasteiger partial charge < -0.3 is 10.0 Å². The molecule has 0 aromatic heterocycles. The number of carbonyl (C=O) groups excluding carboxylic acids is 1. The number of carbonyl (C=O) groups is 2. The zero-order valence-electron chi connectivity index (χ0n) is 12.1. The van der Waals surface area contributed by atoms with E-state index in [0.29, 0.717) is 25.8 Å². The van der Waals surface area contributed by atoms with Gasteiger partial charge >= 0.3 is 5.97 Å². The number of halogens is 1. The Hall–Kier alpha value is -1.36. The van der Waals surface area contributed by atoms with Crippen LogP contribution in [0.1, 0.15) is 31.7 Å². The van der Waals surface area contributed by atoms with Gasteiger partial charge in [-0.25, -0.2) is 4.79 Å². The second kappa shape index (κ2) is 7.07. The van der Waals surface area contributed by atoms with Gasteiger partial charge in [-0.3, -0.25) is 4.79 Å². The molecule has 1 heterocycles. The molecule has 0 bridgehead atoms. The first kappa shape index (κ1) is 16.0. The van der Waals surface area contributed by atoms with Crippen LogP contribution in [0.3, 0.4) is 0 Å². The molecule has 1 aromatic carbocycles. The molecule has 114 valence electrons. The van der Waals surface area contributed by atoms with Crippen molar-refractivity contribution in [3.8, 4) is 0 Å². The number of rotatable bonds is 5. The minimum absolute atomic E-state index is 0.0295. The number of benzene rings is 1. The van der Waals surface area contributed by atoms with E-state index in [9.17, 15) is 14.7 Å². The van der Waals surface area contributed by atoms with Crippen LogP contribution in [0.2, 0.25) is 0 Å². The maximum absolute atomic E-state index is 12.7. The summed E-state index contributed by atoms with van der Waals surface area (Å²) in [5.74, 6) is -1.08. The molecule has 0 saturated carbocycles. The topological polar surface area (TPSA) is 57.6 Å². The molecule has 21 heavy (non-hydrogen) atoms. The Balaban J connectivity index is 2.12. The van der Waals surface area contributed by atoms with Crippen LogP contribution in [0.25, 0.3) is 0 Å².